The molecule has 2 heterocycles. The lowest BCUT2D eigenvalue weighted by atomic mass is 10.2. The van der Waals surface area contributed by atoms with Gasteiger partial charge in [-0.15, -0.1) is 0 Å². The smallest absolute Gasteiger partial charge is 0.331 e. The fourth-order valence-electron chi connectivity index (χ4n) is 2.80. The van der Waals surface area contributed by atoms with Gasteiger partial charge in [-0.2, -0.15) is 0 Å². The van der Waals surface area contributed by atoms with Gasteiger partial charge < -0.3 is 19.7 Å². The Morgan fingerprint density at radius 3 is 2.93 bits per heavy atom. The first kappa shape index (κ1) is 18.7. The van der Waals surface area contributed by atoms with Gasteiger partial charge in [0.25, 0.3) is 5.91 Å². The first-order valence-electron chi connectivity index (χ1n) is 8.29. The highest BCUT2D eigenvalue weighted by atomic mass is 19.1. The highest BCUT2D eigenvalue weighted by Crippen LogP contribution is 2.14. The van der Waals surface area contributed by atoms with Crippen LogP contribution in [0.2, 0.25) is 0 Å². The van der Waals surface area contributed by atoms with Gasteiger partial charge in [0, 0.05) is 11.9 Å². The number of benzene rings is 1. The van der Waals surface area contributed by atoms with Crippen LogP contribution in [0.1, 0.15) is 10.5 Å². The summed E-state index contributed by atoms with van der Waals surface area (Å²) in [6.07, 6.45) is 0. The van der Waals surface area contributed by atoms with E-state index in [1.807, 2.05) is 0 Å². The van der Waals surface area contributed by atoms with E-state index < -0.39 is 29.6 Å². The number of rotatable bonds is 4. The SMILES string of the molecule is COC(=O)[C@@H]1COCCN1C(=O)CNC(=O)c1ccc2cc(F)ccc2n1. The Bertz CT molecular complexity index is 888. The lowest BCUT2D eigenvalue weighted by Gasteiger charge is -2.33. The van der Waals surface area contributed by atoms with Gasteiger partial charge in [0.1, 0.15) is 11.5 Å². The Kier molecular flexibility index (Phi) is 5.60. The van der Waals surface area contributed by atoms with E-state index in [-0.39, 0.29) is 25.4 Å². The summed E-state index contributed by atoms with van der Waals surface area (Å²) in [5, 5.41) is 3.06. The number of esters is 1. The zero-order valence-electron chi connectivity index (χ0n) is 14.6. The monoisotopic (exact) mass is 375 g/mol. The summed E-state index contributed by atoms with van der Waals surface area (Å²) in [5.74, 6) is -1.93. The topological polar surface area (TPSA) is 97.8 Å². The molecule has 1 aliphatic rings. The number of aromatic nitrogens is 1. The van der Waals surface area contributed by atoms with Crippen LogP contribution < -0.4 is 5.32 Å². The highest BCUT2D eigenvalue weighted by molar-refractivity contribution is 5.97. The van der Waals surface area contributed by atoms with Crippen molar-refractivity contribution in [2.24, 2.45) is 0 Å². The Labute approximate surface area is 154 Å². The molecule has 2 amide bonds. The second kappa shape index (κ2) is 8.09. The molecule has 8 nitrogen and oxygen atoms in total. The van der Waals surface area contributed by atoms with Crippen molar-refractivity contribution in [2.75, 3.05) is 33.4 Å². The molecule has 1 atom stereocenters. The zero-order valence-corrected chi connectivity index (χ0v) is 14.6. The van der Waals surface area contributed by atoms with Crippen LogP contribution in [0.25, 0.3) is 10.9 Å². The molecule has 0 aliphatic carbocycles. The fourth-order valence-corrected chi connectivity index (χ4v) is 2.80. The minimum atomic E-state index is -0.832. The number of hydrogen-bond donors (Lipinski definition) is 1. The number of morpholine rings is 1. The van der Waals surface area contributed by atoms with Crippen LogP contribution in [0.4, 0.5) is 4.39 Å². The van der Waals surface area contributed by atoms with Gasteiger partial charge in [-0.05, 0) is 24.3 Å². The molecule has 2 aromatic rings. The summed E-state index contributed by atoms with van der Waals surface area (Å²) >= 11 is 0. The Morgan fingerprint density at radius 1 is 1.33 bits per heavy atom. The van der Waals surface area contributed by atoms with E-state index in [9.17, 15) is 18.8 Å². The molecule has 3 rings (SSSR count). The van der Waals surface area contributed by atoms with Crippen LogP contribution in [-0.2, 0) is 19.1 Å². The Balaban J connectivity index is 1.65. The van der Waals surface area contributed by atoms with Crippen LogP contribution >= 0.6 is 0 Å². The maximum Gasteiger partial charge on any atom is 0.331 e. The maximum atomic E-state index is 13.2. The number of hydrogen-bond acceptors (Lipinski definition) is 6. The van der Waals surface area contributed by atoms with Crippen molar-refractivity contribution in [3.63, 3.8) is 0 Å². The highest BCUT2D eigenvalue weighted by Gasteiger charge is 2.33. The number of ether oxygens (including phenoxy) is 2. The molecule has 1 aromatic heterocycles. The lowest BCUT2D eigenvalue weighted by Crippen LogP contribution is -2.55. The molecule has 9 heteroatoms. The molecule has 1 fully saturated rings. The number of carbonyl (C=O) groups is 3. The van der Waals surface area contributed by atoms with E-state index in [0.717, 1.165) is 0 Å². The number of carbonyl (C=O) groups excluding carboxylic acids is 3. The van der Waals surface area contributed by atoms with E-state index in [1.54, 1.807) is 6.07 Å². The van der Waals surface area contributed by atoms with Crippen LogP contribution in [-0.4, -0.2) is 67.1 Å². The number of nitrogens with one attached hydrogen (secondary N) is 1. The minimum Gasteiger partial charge on any atom is -0.467 e. The van der Waals surface area contributed by atoms with Gasteiger partial charge in [0.15, 0.2) is 6.04 Å². The third-order valence-electron chi connectivity index (χ3n) is 4.21. The number of amides is 2. The van der Waals surface area contributed by atoms with E-state index in [2.05, 4.69) is 15.0 Å². The minimum absolute atomic E-state index is 0.0507. The third kappa shape index (κ3) is 4.20. The molecule has 0 radical (unpaired) electrons. The number of fused-ring (bicyclic) bond motifs is 1. The van der Waals surface area contributed by atoms with E-state index in [4.69, 9.17) is 4.74 Å². The first-order chi connectivity index (χ1) is 13.0. The van der Waals surface area contributed by atoms with Crippen molar-refractivity contribution in [1.82, 2.24) is 15.2 Å². The number of methoxy groups -OCH3 is 1. The molecule has 0 bridgehead atoms. The lowest BCUT2D eigenvalue weighted by molar-refractivity contribution is -0.160. The summed E-state index contributed by atoms with van der Waals surface area (Å²) in [6, 6.07) is 6.25. The quantitative estimate of drug-likeness (QED) is 0.782. The summed E-state index contributed by atoms with van der Waals surface area (Å²) in [6.45, 7) is 0.287. The Hall–Kier alpha value is -3.07. The zero-order chi connectivity index (χ0) is 19.4. The van der Waals surface area contributed by atoms with Gasteiger partial charge in [0.2, 0.25) is 5.91 Å². The van der Waals surface area contributed by atoms with E-state index in [0.29, 0.717) is 17.5 Å². The van der Waals surface area contributed by atoms with Gasteiger partial charge in [-0.25, -0.2) is 14.2 Å². The van der Waals surface area contributed by atoms with Crippen LogP contribution in [0, 0.1) is 5.82 Å². The van der Waals surface area contributed by atoms with Crippen molar-refractivity contribution in [2.45, 2.75) is 6.04 Å². The number of nitrogens with zero attached hydrogens (tertiary/aromatic N) is 2. The van der Waals surface area contributed by atoms with Crippen LogP contribution in [0.5, 0.6) is 0 Å². The summed E-state index contributed by atoms with van der Waals surface area (Å²) in [7, 11) is 1.23. The molecule has 1 aliphatic heterocycles. The van der Waals surface area contributed by atoms with Crippen molar-refractivity contribution < 1.29 is 28.2 Å². The molecular weight excluding hydrogens is 357 g/mol. The van der Waals surface area contributed by atoms with Crippen LogP contribution in [0.15, 0.2) is 30.3 Å². The normalized spacial score (nSPS) is 16.8. The number of pyridine rings is 1. The molecule has 0 saturated carbocycles. The van der Waals surface area contributed by atoms with Crippen molar-refractivity contribution >= 4 is 28.7 Å². The van der Waals surface area contributed by atoms with Crippen molar-refractivity contribution in [3.8, 4) is 0 Å². The second-order valence-electron chi connectivity index (χ2n) is 5.92. The summed E-state index contributed by atoms with van der Waals surface area (Å²) in [5.41, 5.74) is 0.572. The maximum absolute atomic E-state index is 13.2. The molecule has 27 heavy (non-hydrogen) atoms. The predicted octanol–water partition coefficient (Wildman–Crippen LogP) is 0.504. The van der Waals surface area contributed by atoms with Gasteiger partial charge in [-0.1, -0.05) is 6.07 Å². The van der Waals surface area contributed by atoms with Gasteiger partial charge in [-0.3, -0.25) is 9.59 Å². The average Bonchev–Trinajstić information content (AvgIpc) is 2.70. The molecule has 1 saturated heterocycles. The van der Waals surface area contributed by atoms with E-state index >= 15 is 0 Å². The molecule has 1 N–H and O–H groups in total. The van der Waals surface area contributed by atoms with Crippen molar-refractivity contribution in [1.29, 1.82) is 0 Å². The third-order valence-corrected chi connectivity index (χ3v) is 4.21. The first-order valence-corrected chi connectivity index (χ1v) is 8.29. The largest absolute Gasteiger partial charge is 0.467 e. The average molecular weight is 375 g/mol. The molecule has 0 spiro atoms. The molecule has 142 valence electrons. The Morgan fingerprint density at radius 2 is 2.15 bits per heavy atom. The summed E-state index contributed by atoms with van der Waals surface area (Å²) < 4.78 is 23.1. The van der Waals surface area contributed by atoms with E-state index in [1.165, 1.54) is 36.3 Å². The van der Waals surface area contributed by atoms with Crippen LogP contribution in [0.3, 0.4) is 0 Å². The van der Waals surface area contributed by atoms with Gasteiger partial charge >= 0.3 is 5.97 Å². The number of halogens is 1. The molecular formula is C18H18FN3O5. The molecule has 1 aromatic carbocycles. The standard InChI is InChI=1S/C18H18FN3O5/c1-26-18(25)15-10-27-7-6-22(15)16(23)9-20-17(24)14-4-2-11-8-12(19)3-5-13(11)21-14/h2-5,8,15H,6-7,9-10H2,1H3,(H,20,24)/t15-/m0/s1. The van der Waals surface area contributed by atoms with Crippen molar-refractivity contribution in [3.05, 3.63) is 41.8 Å². The predicted molar refractivity (Wildman–Crippen MR) is 92.4 cm³/mol. The summed E-state index contributed by atoms with van der Waals surface area (Å²) in [4.78, 5) is 41.9. The second-order valence-corrected chi connectivity index (χ2v) is 5.92. The van der Waals surface area contributed by atoms with Gasteiger partial charge in [0.05, 0.1) is 32.4 Å². The molecule has 0 unspecified atom stereocenters. The fraction of sp³-hybridized carbons (Fsp3) is 0.333.